The number of halogens is 1. The Balaban J connectivity index is 2.42. The van der Waals surface area contributed by atoms with Gasteiger partial charge in [0.2, 0.25) is 0 Å². The third-order valence-corrected chi connectivity index (χ3v) is 1.67. The van der Waals surface area contributed by atoms with Gasteiger partial charge in [-0.1, -0.05) is 0 Å². The monoisotopic (exact) mass is 173 g/mol. The van der Waals surface area contributed by atoms with Gasteiger partial charge in [-0.3, -0.25) is 0 Å². The fraction of sp³-hybridized carbons (Fsp3) is 0. The molecule has 0 atom stereocenters. The predicted octanol–water partition coefficient (Wildman–Crippen LogP) is 2.08. The van der Waals surface area contributed by atoms with Crippen molar-refractivity contribution in [2.24, 2.45) is 0 Å². The Morgan fingerprint density at radius 2 is 1.85 bits per heavy atom. The highest BCUT2D eigenvalue weighted by atomic mass is 19.1. The van der Waals surface area contributed by atoms with E-state index in [1.165, 1.54) is 12.1 Å². The molecule has 63 valence electrons. The van der Waals surface area contributed by atoms with Crippen LogP contribution in [-0.2, 0) is 0 Å². The second kappa shape index (κ2) is 3.31. The number of benzene rings is 1. The highest BCUT2D eigenvalue weighted by molar-refractivity contribution is 5.57. The van der Waals surface area contributed by atoms with Crippen molar-refractivity contribution in [3.8, 4) is 11.3 Å². The van der Waals surface area contributed by atoms with E-state index < -0.39 is 0 Å². The first-order valence-corrected chi connectivity index (χ1v) is 3.82. The van der Waals surface area contributed by atoms with Crippen LogP contribution in [0.3, 0.4) is 0 Å². The van der Waals surface area contributed by atoms with Crippen LogP contribution in [0.5, 0.6) is 0 Å². The Morgan fingerprint density at radius 1 is 1.08 bits per heavy atom. The van der Waals surface area contributed by atoms with Gasteiger partial charge in [0.1, 0.15) is 12.0 Å². The highest BCUT2D eigenvalue weighted by Gasteiger charge is 1.97. The van der Waals surface area contributed by atoms with E-state index in [4.69, 9.17) is 0 Å². The lowest BCUT2D eigenvalue weighted by atomic mass is 10.1. The van der Waals surface area contributed by atoms with E-state index in [0.717, 1.165) is 11.3 Å². The number of nitrogens with zero attached hydrogens (tertiary/aromatic N) is 2. The largest absolute Gasteiger partial charge is 0.207 e. The molecule has 1 aromatic heterocycles. The zero-order valence-corrected chi connectivity index (χ0v) is 6.74. The van der Waals surface area contributed by atoms with Crippen LogP contribution in [0.4, 0.5) is 4.39 Å². The minimum atomic E-state index is -0.251. The molecule has 2 rings (SSSR count). The van der Waals surface area contributed by atoms with Gasteiger partial charge in [-0.05, 0) is 36.4 Å². The molecule has 1 radical (unpaired) electrons. The normalized spacial score (nSPS) is 9.92. The maximum absolute atomic E-state index is 12.6. The predicted molar refractivity (Wildman–Crippen MR) is 46.3 cm³/mol. The molecule has 0 spiro atoms. The lowest BCUT2D eigenvalue weighted by molar-refractivity contribution is 0.628. The van der Waals surface area contributed by atoms with Gasteiger partial charge in [0.25, 0.3) is 0 Å². The fourth-order valence-electron chi connectivity index (χ4n) is 1.04. The van der Waals surface area contributed by atoms with E-state index in [-0.39, 0.29) is 5.82 Å². The number of rotatable bonds is 1. The van der Waals surface area contributed by atoms with Crippen LogP contribution < -0.4 is 0 Å². The van der Waals surface area contributed by atoms with Crippen molar-refractivity contribution in [1.82, 2.24) is 10.2 Å². The van der Waals surface area contributed by atoms with Gasteiger partial charge < -0.3 is 0 Å². The van der Waals surface area contributed by atoms with E-state index in [0.29, 0.717) is 0 Å². The van der Waals surface area contributed by atoms with E-state index in [2.05, 4.69) is 16.4 Å². The Labute approximate surface area is 75.1 Å². The van der Waals surface area contributed by atoms with Crippen molar-refractivity contribution < 1.29 is 4.39 Å². The zero-order valence-electron chi connectivity index (χ0n) is 6.74. The molecule has 0 saturated heterocycles. The first-order valence-electron chi connectivity index (χ1n) is 3.82. The Kier molecular flexibility index (Phi) is 2.00. The lowest BCUT2D eigenvalue weighted by Gasteiger charge is -1.97. The van der Waals surface area contributed by atoms with Crippen LogP contribution in [0, 0.1) is 12.0 Å². The maximum atomic E-state index is 12.6. The minimum absolute atomic E-state index is 0.251. The molecule has 2 nitrogen and oxygen atoms in total. The van der Waals surface area contributed by atoms with Gasteiger partial charge in [-0.2, -0.15) is 0 Å². The van der Waals surface area contributed by atoms with Gasteiger partial charge in [0.15, 0.2) is 0 Å². The molecular weight excluding hydrogens is 167 g/mol. The summed E-state index contributed by atoms with van der Waals surface area (Å²) < 4.78 is 12.6. The molecule has 0 aliphatic rings. The van der Waals surface area contributed by atoms with Crippen molar-refractivity contribution in [3.05, 3.63) is 48.4 Å². The molecule has 2 aromatic rings. The molecule has 0 N–H and O–H groups in total. The quantitative estimate of drug-likeness (QED) is 0.659. The van der Waals surface area contributed by atoms with E-state index >= 15 is 0 Å². The summed E-state index contributed by atoms with van der Waals surface area (Å²) in [4.78, 5) is 0. The van der Waals surface area contributed by atoms with Gasteiger partial charge >= 0.3 is 0 Å². The van der Waals surface area contributed by atoms with Crippen LogP contribution in [0.1, 0.15) is 0 Å². The average molecular weight is 173 g/mol. The van der Waals surface area contributed by atoms with E-state index in [1.54, 1.807) is 24.3 Å². The molecular formula is C10H6FN2. The topological polar surface area (TPSA) is 25.8 Å². The second-order valence-corrected chi connectivity index (χ2v) is 2.55. The Bertz CT molecular complexity index is 383. The summed E-state index contributed by atoms with van der Waals surface area (Å²) in [6, 6.07) is 9.58. The summed E-state index contributed by atoms with van der Waals surface area (Å²) in [6.45, 7) is 0. The van der Waals surface area contributed by atoms with Gasteiger partial charge in [-0.25, -0.2) is 4.39 Å². The van der Waals surface area contributed by atoms with Crippen molar-refractivity contribution in [2.75, 3.05) is 0 Å². The van der Waals surface area contributed by atoms with Crippen LogP contribution in [0.2, 0.25) is 0 Å². The zero-order chi connectivity index (χ0) is 9.10. The molecule has 13 heavy (non-hydrogen) atoms. The Hall–Kier alpha value is -1.77. The van der Waals surface area contributed by atoms with Crippen molar-refractivity contribution in [2.45, 2.75) is 0 Å². The summed E-state index contributed by atoms with van der Waals surface area (Å²) in [5.41, 5.74) is 1.57. The van der Waals surface area contributed by atoms with Crippen LogP contribution in [-0.4, -0.2) is 10.2 Å². The molecule has 0 bridgehead atoms. The summed E-state index contributed by atoms with van der Waals surface area (Å²) in [6.07, 6.45) is 2.58. The minimum Gasteiger partial charge on any atom is -0.207 e. The maximum Gasteiger partial charge on any atom is 0.123 e. The third-order valence-electron chi connectivity index (χ3n) is 1.67. The average Bonchev–Trinajstić information content (AvgIpc) is 2.20. The van der Waals surface area contributed by atoms with E-state index in [1.807, 2.05) is 0 Å². The smallest absolute Gasteiger partial charge is 0.123 e. The number of aromatic nitrogens is 2. The number of hydrogen-bond acceptors (Lipinski definition) is 2. The van der Waals surface area contributed by atoms with E-state index in [9.17, 15) is 4.39 Å². The molecule has 0 saturated carbocycles. The summed E-state index contributed by atoms with van der Waals surface area (Å²) in [7, 11) is 0. The molecule has 0 fully saturated rings. The van der Waals surface area contributed by atoms with Crippen LogP contribution >= 0.6 is 0 Å². The molecule has 0 unspecified atom stereocenters. The first-order chi connectivity index (χ1) is 6.36. The second-order valence-electron chi connectivity index (χ2n) is 2.55. The third kappa shape index (κ3) is 1.69. The summed E-state index contributed by atoms with van der Waals surface area (Å²) in [5.74, 6) is -0.251. The molecule has 0 amide bonds. The standard InChI is InChI=1S/C10H6FN2/c11-9-5-3-8(4-6-9)10-2-1-7-12-13-10/h1-6H. The van der Waals surface area contributed by atoms with Gasteiger partial charge in [0.05, 0.1) is 5.69 Å². The van der Waals surface area contributed by atoms with Crippen molar-refractivity contribution in [1.29, 1.82) is 0 Å². The first kappa shape index (κ1) is 7.86. The van der Waals surface area contributed by atoms with Gasteiger partial charge in [-0.15, -0.1) is 10.2 Å². The van der Waals surface area contributed by atoms with Crippen LogP contribution in [0.15, 0.2) is 36.4 Å². The molecule has 1 heterocycles. The van der Waals surface area contributed by atoms with Crippen molar-refractivity contribution >= 4 is 0 Å². The molecule has 0 aliphatic heterocycles. The molecule has 1 aromatic carbocycles. The summed E-state index contributed by atoms with van der Waals surface area (Å²) in [5, 5.41) is 7.47. The molecule has 3 heteroatoms. The van der Waals surface area contributed by atoms with Gasteiger partial charge in [0, 0.05) is 5.56 Å². The Morgan fingerprint density at radius 3 is 2.46 bits per heavy atom. The highest BCUT2D eigenvalue weighted by Crippen LogP contribution is 2.15. The fourth-order valence-corrected chi connectivity index (χ4v) is 1.04. The SMILES string of the molecule is Fc1ccc(-c2cc[c]nn2)cc1. The molecule has 0 aliphatic carbocycles. The lowest BCUT2D eigenvalue weighted by Crippen LogP contribution is -1.85. The summed E-state index contributed by atoms with van der Waals surface area (Å²) >= 11 is 0. The number of hydrogen-bond donors (Lipinski definition) is 0. The van der Waals surface area contributed by atoms with Crippen LogP contribution in [0.25, 0.3) is 11.3 Å². The van der Waals surface area contributed by atoms with Crippen molar-refractivity contribution in [3.63, 3.8) is 0 Å².